The molecule has 148 valence electrons. The van der Waals surface area contributed by atoms with Crippen LogP contribution in [0.15, 0.2) is 54.7 Å². The van der Waals surface area contributed by atoms with Crippen molar-refractivity contribution in [1.82, 2.24) is 14.4 Å². The molecule has 4 rings (SSSR count). The van der Waals surface area contributed by atoms with Crippen LogP contribution >= 0.6 is 0 Å². The minimum Gasteiger partial charge on any atom is -0.497 e. The Hall–Kier alpha value is -2.30. The van der Waals surface area contributed by atoms with E-state index in [2.05, 4.69) is 70.1 Å². The molecular weight excluding hydrogens is 346 g/mol. The zero-order valence-corrected chi connectivity index (χ0v) is 17.1. The molecule has 1 saturated heterocycles. The van der Waals surface area contributed by atoms with Crippen molar-refractivity contribution in [2.45, 2.75) is 19.4 Å². The highest BCUT2D eigenvalue weighted by Gasteiger charge is 2.14. The Kier molecular flexibility index (Phi) is 5.98. The third kappa shape index (κ3) is 4.40. The maximum atomic E-state index is 5.39. The summed E-state index contributed by atoms with van der Waals surface area (Å²) in [5, 5.41) is 1.39. The molecule has 0 bridgehead atoms. The number of benzene rings is 2. The molecule has 0 aliphatic carbocycles. The van der Waals surface area contributed by atoms with Gasteiger partial charge in [0.1, 0.15) is 5.75 Å². The van der Waals surface area contributed by atoms with Crippen LogP contribution in [0.25, 0.3) is 10.9 Å². The zero-order valence-electron chi connectivity index (χ0n) is 17.1. The summed E-state index contributed by atoms with van der Waals surface area (Å²) in [6, 6.07) is 17.2. The van der Waals surface area contributed by atoms with Crippen LogP contribution in [-0.2, 0) is 13.0 Å². The number of aromatic nitrogens is 1. The molecule has 3 aromatic rings. The fraction of sp³-hybridized carbons (Fsp3) is 0.417. The van der Waals surface area contributed by atoms with Crippen molar-refractivity contribution < 1.29 is 4.74 Å². The minimum atomic E-state index is 0.871. The van der Waals surface area contributed by atoms with Gasteiger partial charge in [0.15, 0.2) is 0 Å². The lowest BCUT2D eigenvalue weighted by Gasteiger charge is -2.32. The maximum Gasteiger partial charge on any atom is 0.119 e. The van der Waals surface area contributed by atoms with Gasteiger partial charge in [-0.1, -0.05) is 30.3 Å². The Labute approximate surface area is 168 Å². The van der Waals surface area contributed by atoms with Gasteiger partial charge < -0.3 is 19.1 Å². The van der Waals surface area contributed by atoms with E-state index in [-0.39, 0.29) is 0 Å². The van der Waals surface area contributed by atoms with Gasteiger partial charge in [-0.25, -0.2) is 0 Å². The zero-order chi connectivity index (χ0) is 19.3. The van der Waals surface area contributed by atoms with Crippen LogP contribution in [0.1, 0.15) is 17.5 Å². The number of nitrogens with zero attached hydrogens (tertiary/aromatic N) is 3. The van der Waals surface area contributed by atoms with Crippen molar-refractivity contribution in [1.29, 1.82) is 0 Å². The van der Waals surface area contributed by atoms with Crippen molar-refractivity contribution in [3.05, 3.63) is 65.9 Å². The van der Waals surface area contributed by atoms with Crippen molar-refractivity contribution in [3.63, 3.8) is 0 Å². The molecule has 1 aliphatic rings. The second-order valence-corrected chi connectivity index (χ2v) is 7.90. The van der Waals surface area contributed by atoms with E-state index in [4.69, 9.17) is 4.74 Å². The van der Waals surface area contributed by atoms with E-state index in [0.29, 0.717) is 0 Å². The van der Waals surface area contributed by atoms with Crippen molar-refractivity contribution in [2.75, 3.05) is 46.9 Å². The van der Waals surface area contributed by atoms with Gasteiger partial charge in [-0.2, -0.15) is 0 Å². The number of hydrogen-bond acceptors (Lipinski definition) is 3. The molecule has 0 spiro atoms. The molecule has 0 N–H and O–H groups in total. The first-order valence-electron chi connectivity index (χ1n) is 10.3. The van der Waals surface area contributed by atoms with Gasteiger partial charge in [0.2, 0.25) is 0 Å². The lowest BCUT2D eigenvalue weighted by atomic mass is 10.1. The largest absolute Gasteiger partial charge is 0.497 e. The van der Waals surface area contributed by atoms with Gasteiger partial charge in [-0.3, -0.25) is 0 Å². The number of para-hydroxylation sites is 1. The lowest BCUT2D eigenvalue weighted by Crippen LogP contribution is -2.44. The predicted molar refractivity (Wildman–Crippen MR) is 116 cm³/mol. The molecule has 0 unspecified atom stereocenters. The summed E-state index contributed by atoms with van der Waals surface area (Å²) in [4.78, 5) is 5.03. The summed E-state index contributed by atoms with van der Waals surface area (Å²) in [6.07, 6.45) is 4.71. The predicted octanol–water partition coefficient (Wildman–Crippen LogP) is 3.88. The van der Waals surface area contributed by atoms with Gasteiger partial charge >= 0.3 is 0 Å². The highest BCUT2D eigenvalue weighted by molar-refractivity contribution is 5.84. The quantitative estimate of drug-likeness (QED) is 0.623. The van der Waals surface area contributed by atoms with E-state index in [1.165, 1.54) is 61.2 Å². The fourth-order valence-corrected chi connectivity index (χ4v) is 4.18. The third-order valence-electron chi connectivity index (χ3n) is 5.87. The number of rotatable bonds is 7. The van der Waals surface area contributed by atoms with Crippen LogP contribution in [0, 0.1) is 0 Å². The molecule has 4 nitrogen and oxygen atoms in total. The summed E-state index contributed by atoms with van der Waals surface area (Å²) in [7, 11) is 3.94. The van der Waals surface area contributed by atoms with E-state index in [9.17, 15) is 0 Å². The Morgan fingerprint density at radius 1 is 0.964 bits per heavy atom. The van der Waals surface area contributed by atoms with Gasteiger partial charge in [0.25, 0.3) is 0 Å². The summed E-state index contributed by atoms with van der Waals surface area (Å²) in [6.45, 7) is 6.86. The summed E-state index contributed by atoms with van der Waals surface area (Å²) in [5.74, 6) is 0.918. The van der Waals surface area contributed by atoms with Gasteiger partial charge in [-0.15, -0.1) is 0 Å². The average Bonchev–Trinajstić information content (AvgIpc) is 3.07. The molecule has 1 aliphatic heterocycles. The smallest absolute Gasteiger partial charge is 0.119 e. The number of likely N-dealkylation sites (N-methyl/N-ethyl adjacent to an activating group) is 1. The molecule has 0 atom stereocenters. The van der Waals surface area contributed by atoms with Crippen LogP contribution in [0.4, 0.5) is 0 Å². The minimum absolute atomic E-state index is 0.871. The number of fused-ring (bicyclic) bond motifs is 1. The van der Waals surface area contributed by atoms with Crippen LogP contribution < -0.4 is 4.74 Å². The molecule has 0 amide bonds. The first kappa shape index (κ1) is 19.0. The van der Waals surface area contributed by atoms with E-state index < -0.39 is 0 Å². The van der Waals surface area contributed by atoms with Crippen LogP contribution in [-0.4, -0.2) is 61.2 Å². The number of piperazine rings is 1. The Bertz CT molecular complexity index is 909. The lowest BCUT2D eigenvalue weighted by molar-refractivity contribution is 0.153. The van der Waals surface area contributed by atoms with Crippen LogP contribution in [0.2, 0.25) is 0 Å². The normalized spacial score (nSPS) is 15.9. The maximum absolute atomic E-state index is 5.39. The Balaban J connectivity index is 1.46. The first-order valence-corrected chi connectivity index (χ1v) is 10.3. The van der Waals surface area contributed by atoms with E-state index in [1.807, 2.05) is 6.07 Å². The molecule has 1 fully saturated rings. The topological polar surface area (TPSA) is 20.6 Å². The third-order valence-corrected chi connectivity index (χ3v) is 5.87. The van der Waals surface area contributed by atoms with Crippen LogP contribution in [0.3, 0.4) is 0 Å². The monoisotopic (exact) mass is 377 g/mol. The Morgan fingerprint density at radius 2 is 1.79 bits per heavy atom. The molecule has 0 saturated carbocycles. The number of ether oxygens (including phenoxy) is 1. The van der Waals surface area contributed by atoms with E-state index >= 15 is 0 Å². The molecule has 4 heteroatoms. The molecule has 2 heterocycles. The molecular formula is C24H31N3O. The molecule has 2 aromatic carbocycles. The second kappa shape index (κ2) is 8.80. The SMILES string of the molecule is COc1cccc(Cn2cc(CCCN3CCN(C)CC3)c3ccccc32)c1. The second-order valence-electron chi connectivity index (χ2n) is 7.90. The first-order chi connectivity index (χ1) is 13.7. The standard InChI is InChI=1S/C24H31N3O/c1-25-13-15-26(16-14-25)12-6-8-21-19-27(24-11-4-3-10-23(21)24)18-20-7-5-9-22(17-20)28-2/h3-5,7,9-11,17,19H,6,8,12-16,18H2,1-2H3. The van der Waals surface area contributed by atoms with Crippen molar-refractivity contribution in [2.24, 2.45) is 0 Å². The average molecular weight is 378 g/mol. The number of aryl methyl sites for hydroxylation is 1. The van der Waals surface area contributed by atoms with E-state index in [1.54, 1.807) is 7.11 Å². The highest BCUT2D eigenvalue weighted by atomic mass is 16.5. The van der Waals surface area contributed by atoms with Gasteiger partial charge in [0.05, 0.1) is 7.11 Å². The molecule has 1 aromatic heterocycles. The van der Waals surface area contributed by atoms with Crippen molar-refractivity contribution >= 4 is 10.9 Å². The summed E-state index contributed by atoms with van der Waals surface area (Å²) >= 11 is 0. The number of methoxy groups -OCH3 is 1. The highest BCUT2D eigenvalue weighted by Crippen LogP contribution is 2.24. The molecule has 28 heavy (non-hydrogen) atoms. The summed E-state index contributed by atoms with van der Waals surface area (Å²) < 4.78 is 7.77. The van der Waals surface area contributed by atoms with E-state index in [0.717, 1.165) is 18.7 Å². The van der Waals surface area contributed by atoms with Crippen LogP contribution in [0.5, 0.6) is 5.75 Å². The summed E-state index contributed by atoms with van der Waals surface area (Å²) in [5.41, 5.74) is 4.05. The Morgan fingerprint density at radius 3 is 2.61 bits per heavy atom. The van der Waals surface area contributed by atoms with Gasteiger partial charge in [-0.05, 0) is 55.8 Å². The molecule has 0 radical (unpaired) electrons. The number of hydrogen-bond donors (Lipinski definition) is 0. The van der Waals surface area contributed by atoms with Gasteiger partial charge in [0, 0.05) is 49.8 Å². The fourth-order valence-electron chi connectivity index (χ4n) is 4.18. The van der Waals surface area contributed by atoms with Crippen molar-refractivity contribution in [3.8, 4) is 5.75 Å².